The summed E-state index contributed by atoms with van der Waals surface area (Å²) in [7, 11) is 1.70. The lowest BCUT2D eigenvalue weighted by atomic mass is 10.1. The maximum absolute atomic E-state index is 12.2. The molecule has 4 nitrogen and oxygen atoms in total. The molecule has 0 atom stereocenters. The van der Waals surface area contributed by atoms with E-state index in [-0.39, 0.29) is 5.91 Å². The van der Waals surface area contributed by atoms with Gasteiger partial charge in [-0.25, -0.2) is 0 Å². The highest BCUT2D eigenvalue weighted by Gasteiger charge is 2.20. The van der Waals surface area contributed by atoms with Gasteiger partial charge in [0, 0.05) is 35.7 Å². The molecule has 0 radical (unpaired) electrons. The van der Waals surface area contributed by atoms with Crippen LogP contribution in [0.2, 0.25) is 5.02 Å². The molecule has 0 unspecified atom stereocenters. The first kappa shape index (κ1) is 14.9. The topological polar surface area (TPSA) is 56.3 Å². The second kappa shape index (κ2) is 5.46. The number of H-pyrrole nitrogens is 1. The van der Waals surface area contributed by atoms with Crippen LogP contribution in [-0.4, -0.2) is 40.1 Å². The predicted molar refractivity (Wildman–Crippen MR) is 80.9 cm³/mol. The molecule has 2 N–H and O–H groups in total. The maximum atomic E-state index is 12.2. The van der Waals surface area contributed by atoms with Gasteiger partial charge in [0.2, 0.25) is 5.91 Å². The summed E-state index contributed by atoms with van der Waals surface area (Å²) in [5.74, 6) is -0.0250. The summed E-state index contributed by atoms with van der Waals surface area (Å²) < 4.78 is 0. The Kier molecular flexibility index (Phi) is 4.06. The summed E-state index contributed by atoms with van der Waals surface area (Å²) in [4.78, 5) is 16.8. The molecule has 0 fully saturated rings. The number of amides is 1. The Labute approximate surface area is 123 Å². The molecule has 1 amide bonds. The highest BCUT2D eigenvalue weighted by molar-refractivity contribution is 6.31. The average Bonchev–Trinajstić information content (AvgIpc) is 2.69. The van der Waals surface area contributed by atoms with E-state index in [4.69, 9.17) is 11.6 Å². The normalized spacial score (nSPS) is 11.8. The van der Waals surface area contributed by atoms with Gasteiger partial charge >= 0.3 is 0 Å². The summed E-state index contributed by atoms with van der Waals surface area (Å²) in [6.07, 6.45) is 2.13. The van der Waals surface area contributed by atoms with Crippen molar-refractivity contribution in [2.75, 3.05) is 13.6 Å². The molecule has 0 aliphatic heterocycles. The molecule has 2 rings (SSSR count). The molecule has 0 bridgehead atoms. The highest BCUT2D eigenvalue weighted by Crippen LogP contribution is 2.22. The lowest BCUT2D eigenvalue weighted by Gasteiger charge is -2.25. The molecule has 0 saturated heterocycles. The van der Waals surface area contributed by atoms with E-state index >= 15 is 0 Å². The van der Waals surface area contributed by atoms with Crippen LogP contribution in [0, 0.1) is 0 Å². The van der Waals surface area contributed by atoms with Gasteiger partial charge in [0.05, 0.1) is 12.0 Å². The number of aliphatic hydroxyl groups is 1. The van der Waals surface area contributed by atoms with Gasteiger partial charge in [0.15, 0.2) is 0 Å². The van der Waals surface area contributed by atoms with E-state index in [1.54, 1.807) is 25.8 Å². The predicted octanol–water partition coefficient (Wildman–Crippen LogP) is 2.59. The molecule has 1 aromatic carbocycles. The van der Waals surface area contributed by atoms with Gasteiger partial charge in [-0.2, -0.15) is 0 Å². The number of halogens is 1. The van der Waals surface area contributed by atoms with Crippen molar-refractivity contribution in [3.63, 3.8) is 0 Å². The molecule has 108 valence electrons. The van der Waals surface area contributed by atoms with Crippen molar-refractivity contribution in [3.05, 3.63) is 35.0 Å². The van der Waals surface area contributed by atoms with Crippen molar-refractivity contribution in [2.24, 2.45) is 0 Å². The van der Waals surface area contributed by atoms with Crippen LogP contribution in [0.1, 0.15) is 19.4 Å². The number of hydrogen-bond acceptors (Lipinski definition) is 2. The Bertz CT molecular complexity index is 628. The Hall–Kier alpha value is -1.52. The SMILES string of the molecule is CN(CC(C)(C)O)C(=O)Cc1c[nH]c2cc(Cl)ccc12. The number of carbonyl (C=O) groups excluding carboxylic acids is 1. The van der Waals surface area contributed by atoms with Crippen molar-refractivity contribution in [1.82, 2.24) is 9.88 Å². The van der Waals surface area contributed by atoms with E-state index in [9.17, 15) is 9.90 Å². The molecule has 5 heteroatoms. The van der Waals surface area contributed by atoms with Gasteiger partial charge in [0.1, 0.15) is 0 Å². The van der Waals surface area contributed by atoms with Crippen LogP contribution < -0.4 is 0 Å². The first-order chi connectivity index (χ1) is 9.26. The monoisotopic (exact) mass is 294 g/mol. The lowest BCUT2D eigenvalue weighted by Crippen LogP contribution is -2.40. The number of aromatic amines is 1. The number of rotatable bonds is 4. The minimum absolute atomic E-state index is 0.0250. The zero-order valence-electron chi connectivity index (χ0n) is 11.9. The zero-order valence-corrected chi connectivity index (χ0v) is 12.7. The first-order valence-corrected chi connectivity index (χ1v) is 6.86. The zero-order chi connectivity index (χ0) is 14.9. The van der Waals surface area contributed by atoms with E-state index in [0.717, 1.165) is 16.5 Å². The highest BCUT2D eigenvalue weighted by atomic mass is 35.5. The molecule has 20 heavy (non-hydrogen) atoms. The van der Waals surface area contributed by atoms with Gasteiger partial charge in [-0.15, -0.1) is 0 Å². The summed E-state index contributed by atoms with van der Waals surface area (Å²) >= 11 is 5.93. The van der Waals surface area contributed by atoms with Crippen LogP contribution in [0.5, 0.6) is 0 Å². The summed E-state index contributed by atoms with van der Waals surface area (Å²) in [5, 5.41) is 11.4. The van der Waals surface area contributed by atoms with Crippen molar-refractivity contribution in [2.45, 2.75) is 25.9 Å². The minimum Gasteiger partial charge on any atom is -0.389 e. The fourth-order valence-corrected chi connectivity index (χ4v) is 2.44. The number of nitrogens with one attached hydrogen (secondary N) is 1. The second-order valence-corrected chi connectivity index (χ2v) is 6.18. The van der Waals surface area contributed by atoms with Gasteiger partial charge in [0.25, 0.3) is 0 Å². The molecule has 2 aromatic rings. The van der Waals surface area contributed by atoms with Crippen molar-refractivity contribution in [1.29, 1.82) is 0 Å². The standard InChI is InChI=1S/C15H19ClN2O2/c1-15(2,20)9-18(3)14(19)6-10-8-17-13-7-11(16)4-5-12(10)13/h4-5,7-8,17,20H,6,9H2,1-3H3. The molecule has 1 aromatic heterocycles. The Morgan fingerprint density at radius 3 is 2.80 bits per heavy atom. The molecular formula is C15H19ClN2O2. The van der Waals surface area contributed by atoms with Crippen LogP contribution in [0.15, 0.2) is 24.4 Å². The van der Waals surface area contributed by atoms with Crippen molar-refractivity contribution in [3.8, 4) is 0 Å². The molecule has 0 saturated carbocycles. The fourth-order valence-electron chi connectivity index (χ4n) is 2.27. The van der Waals surface area contributed by atoms with E-state index in [1.165, 1.54) is 0 Å². The van der Waals surface area contributed by atoms with Crippen LogP contribution >= 0.6 is 11.6 Å². The number of likely N-dealkylation sites (N-methyl/N-ethyl adjacent to an activating group) is 1. The van der Waals surface area contributed by atoms with E-state index in [1.807, 2.05) is 24.4 Å². The number of nitrogens with zero attached hydrogens (tertiary/aromatic N) is 1. The number of carbonyl (C=O) groups is 1. The van der Waals surface area contributed by atoms with Crippen LogP contribution in [0.25, 0.3) is 10.9 Å². The van der Waals surface area contributed by atoms with Crippen LogP contribution in [0.4, 0.5) is 0 Å². The molecule has 0 spiro atoms. The number of benzene rings is 1. The number of aromatic nitrogens is 1. The number of hydrogen-bond donors (Lipinski definition) is 2. The molecular weight excluding hydrogens is 276 g/mol. The fraction of sp³-hybridized carbons (Fsp3) is 0.400. The van der Waals surface area contributed by atoms with E-state index in [2.05, 4.69) is 4.98 Å². The average molecular weight is 295 g/mol. The van der Waals surface area contributed by atoms with Crippen LogP contribution in [0.3, 0.4) is 0 Å². The summed E-state index contributed by atoms with van der Waals surface area (Å²) in [6.45, 7) is 3.68. The maximum Gasteiger partial charge on any atom is 0.226 e. The van der Waals surface area contributed by atoms with E-state index < -0.39 is 5.60 Å². The molecule has 0 aliphatic carbocycles. The first-order valence-electron chi connectivity index (χ1n) is 6.48. The Morgan fingerprint density at radius 1 is 1.45 bits per heavy atom. The molecule has 0 aliphatic rings. The third-order valence-electron chi connectivity index (χ3n) is 3.12. The van der Waals surface area contributed by atoms with E-state index in [0.29, 0.717) is 18.0 Å². The quantitative estimate of drug-likeness (QED) is 0.910. The third-order valence-corrected chi connectivity index (χ3v) is 3.36. The molecule has 1 heterocycles. The number of fused-ring (bicyclic) bond motifs is 1. The largest absolute Gasteiger partial charge is 0.389 e. The summed E-state index contributed by atoms with van der Waals surface area (Å²) in [6, 6.07) is 5.56. The van der Waals surface area contributed by atoms with Crippen molar-refractivity contribution >= 4 is 28.4 Å². The van der Waals surface area contributed by atoms with Gasteiger partial charge < -0.3 is 15.0 Å². The van der Waals surface area contributed by atoms with Crippen molar-refractivity contribution < 1.29 is 9.90 Å². The van der Waals surface area contributed by atoms with Gasteiger partial charge in [-0.1, -0.05) is 17.7 Å². The second-order valence-electron chi connectivity index (χ2n) is 5.74. The van der Waals surface area contributed by atoms with Gasteiger partial charge in [-0.05, 0) is 31.5 Å². The lowest BCUT2D eigenvalue weighted by molar-refractivity contribution is -0.131. The Morgan fingerprint density at radius 2 is 2.15 bits per heavy atom. The summed E-state index contributed by atoms with van der Waals surface area (Å²) in [5.41, 5.74) is 0.965. The Balaban J connectivity index is 2.14. The van der Waals surface area contributed by atoms with Gasteiger partial charge in [-0.3, -0.25) is 4.79 Å². The van der Waals surface area contributed by atoms with Crippen LogP contribution in [-0.2, 0) is 11.2 Å². The minimum atomic E-state index is -0.891. The third kappa shape index (κ3) is 3.52. The smallest absolute Gasteiger partial charge is 0.226 e.